The molecule has 2 saturated heterocycles. The third-order valence-electron chi connectivity index (χ3n) is 9.16. The van der Waals surface area contributed by atoms with Gasteiger partial charge >= 0.3 is 0 Å². The van der Waals surface area contributed by atoms with Crippen LogP contribution in [0.15, 0.2) is 36.4 Å². The summed E-state index contributed by atoms with van der Waals surface area (Å²) in [6, 6.07) is 11.2. The summed E-state index contributed by atoms with van der Waals surface area (Å²) in [7, 11) is 1.56. The van der Waals surface area contributed by atoms with E-state index in [9.17, 15) is 19.5 Å². The minimum atomic E-state index is -0.363. The Kier molecular flexibility index (Phi) is 8.27. The third kappa shape index (κ3) is 5.91. The second-order valence-corrected chi connectivity index (χ2v) is 12.1. The van der Waals surface area contributed by atoms with Crippen LogP contribution in [0.4, 0.5) is 0 Å². The molecule has 0 saturated carbocycles. The molecule has 3 heterocycles. The predicted molar refractivity (Wildman–Crippen MR) is 156 cm³/mol. The highest BCUT2D eigenvalue weighted by Gasteiger charge is 2.38. The monoisotopic (exact) mass is 562 g/mol. The van der Waals surface area contributed by atoms with Gasteiger partial charge in [-0.3, -0.25) is 19.3 Å². The SMILES string of the molecule is COc1cc(CCC(C)(C)N2Cc3cccc(C(=O)N4CCN(C(=O)[C@@H]5CCCN5C(C)=O)CC4)c3C2)ccc1O. The molecule has 3 aliphatic heterocycles. The summed E-state index contributed by atoms with van der Waals surface area (Å²) in [5, 5.41) is 9.92. The lowest BCUT2D eigenvalue weighted by Crippen LogP contribution is -2.55. The second-order valence-electron chi connectivity index (χ2n) is 12.1. The highest BCUT2D eigenvalue weighted by atomic mass is 16.5. The van der Waals surface area contributed by atoms with E-state index in [4.69, 9.17) is 4.74 Å². The number of likely N-dealkylation sites (tertiary alicyclic amines) is 1. The Morgan fingerprint density at radius 1 is 1.00 bits per heavy atom. The molecular formula is C32H42N4O5. The molecule has 0 aromatic heterocycles. The summed E-state index contributed by atoms with van der Waals surface area (Å²) >= 11 is 0. The van der Waals surface area contributed by atoms with Crippen molar-refractivity contribution >= 4 is 17.7 Å². The van der Waals surface area contributed by atoms with E-state index in [1.807, 2.05) is 34.1 Å². The molecule has 2 fully saturated rings. The minimum absolute atomic E-state index is 0.00835. The number of ether oxygens (including phenoxy) is 1. The van der Waals surface area contributed by atoms with E-state index in [2.05, 4.69) is 24.8 Å². The smallest absolute Gasteiger partial charge is 0.254 e. The average molecular weight is 563 g/mol. The minimum Gasteiger partial charge on any atom is -0.504 e. The molecule has 5 rings (SSSR count). The summed E-state index contributed by atoms with van der Waals surface area (Å²) in [4.78, 5) is 46.6. The van der Waals surface area contributed by atoms with Gasteiger partial charge in [0.2, 0.25) is 11.8 Å². The van der Waals surface area contributed by atoms with Crippen molar-refractivity contribution in [1.29, 1.82) is 0 Å². The highest BCUT2D eigenvalue weighted by Crippen LogP contribution is 2.35. The molecule has 220 valence electrons. The molecule has 0 aliphatic carbocycles. The molecule has 0 spiro atoms. The van der Waals surface area contributed by atoms with Crippen LogP contribution in [0.2, 0.25) is 0 Å². The van der Waals surface area contributed by atoms with Crippen molar-refractivity contribution in [1.82, 2.24) is 19.6 Å². The van der Waals surface area contributed by atoms with Gasteiger partial charge in [-0.15, -0.1) is 0 Å². The number of benzene rings is 2. The molecule has 1 N–H and O–H groups in total. The maximum Gasteiger partial charge on any atom is 0.254 e. The van der Waals surface area contributed by atoms with Gasteiger partial charge in [0.15, 0.2) is 11.5 Å². The van der Waals surface area contributed by atoms with Crippen LogP contribution in [0.25, 0.3) is 0 Å². The number of piperazine rings is 1. The van der Waals surface area contributed by atoms with Gasteiger partial charge in [-0.05, 0) is 74.4 Å². The van der Waals surface area contributed by atoms with E-state index < -0.39 is 0 Å². The van der Waals surface area contributed by atoms with Gasteiger partial charge < -0.3 is 24.5 Å². The number of methoxy groups -OCH3 is 1. The Morgan fingerprint density at radius 3 is 2.44 bits per heavy atom. The highest BCUT2D eigenvalue weighted by molar-refractivity contribution is 5.96. The first-order valence-electron chi connectivity index (χ1n) is 14.7. The van der Waals surface area contributed by atoms with Crippen LogP contribution < -0.4 is 4.74 Å². The Morgan fingerprint density at radius 2 is 1.73 bits per heavy atom. The van der Waals surface area contributed by atoms with Crippen LogP contribution in [0.1, 0.15) is 67.1 Å². The molecule has 3 aliphatic rings. The fourth-order valence-corrected chi connectivity index (χ4v) is 6.45. The molecule has 0 bridgehead atoms. The van der Waals surface area contributed by atoms with Gasteiger partial charge in [-0.2, -0.15) is 0 Å². The van der Waals surface area contributed by atoms with E-state index in [0.29, 0.717) is 51.4 Å². The number of aromatic hydroxyl groups is 1. The average Bonchev–Trinajstić information content (AvgIpc) is 3.64. The van der Waals surface area contributed by atoms with Gasteiger partial charge in [0, 0.05) is 63.8 Å². The lowest BCUT2D eigenvalue weighted by molar-refractivity contribution is -0.143. The van der Waals surface area contributed by atoms with E-state index in [-0.39, 0.29) is 35.1 Å². The number of aryl methyl sites for hydroxylation is 1. The van der Waals surface area contributed by atoms with Gasteiger partial charge in [0.05, 0.1) is 7.11 Å². The molecule has 2 aromatic carbocycles. The number of hydrogen-bond acceptors (Lipinski definition) is 6. The summed E-state index contributed by atoms with van der Waals surface area (Å²) < 4.78 is 5.27. The molecular weight excluding hydrogens is 520 g/mol. The standard InChI is InChI=1S/C32H42N4O5/c1-22(37)36-14-6-9-27(36)31(40)34-17-15-33(16-18-34)30(39)25-8-5-7-24-20-35(21-26(24)25)32(2,3)13-12-23-10-11-28(38)29(19-23)41-4/h5,7-8,10-11,19,27,38H,6,9,12-18,20-21H2,1-4H3/t27-/m0/s1. The van der Waals surface area contributed by atoms with Crippen LogP contribution in [-0.2, 0) is 29.1 Å². The Labute approximate surface area is 242 Å². The second kappa shape index (κ2) is 11.7. The van der Waals surface area contributed by atoms with Crippen LogP contribution in [0.5, 0.6) is 11.5 Å². The molecule has 41 heavy (non-hydrogen) atoms. The number of carbonyl (C=O) groups excluding carboxylic acids is 3. The Bertz CT molecular complexity index is 1320. The first kappa shape index (κ1) is 28.9. The quantitative estimate of drug-likeness (QED) is 0.556. The van der Waals surface area contributed by atoms with E-state index in [0.717, 1.165) is 42.5 Å². The summed E-state index contributed by atoms with van der Waals surface area (Å²) in [5.41, 5.74) is 4.04. The van der Waals surface area contributed by atoms with Crippen molar-refractivity contribution in [3.8, 4) is 11.5 Å². The van der Waals surface area contributed by atoms with Crippen LogP contribution in [0, 0.1) is 0 Å². The fraction of sp³-hybridized carbons (Fsp3) is 0.531. The number of hydrogen-bond donors (Lipinski definition) is 1. The molecule has 9 heteroatoms. The number of nitrogens with zero attached hydrogens (tertiary/aromatic N) is 4. The zero-order valence-electron chi connectivity index (χ0n) is 24.7. The maximum atomic E-state index is 13.7. The molecule has 9 nitrogen and oxygen atoms in total. The summed E-state index contributed by atoms with van der Waals surface area (Å²) in [5.74, 6) is 0.610. The van der Waals surface area contributed by atoms with Gasteiger partial charge in [0.25, 0.3) is 5.91 Å². The first-order valence-corrected chi connectivity index (χ1v) is 14.7. The van der Waals surface area contributed by atoms with Gasteiger partial charge in [-0.25, -0.2) is 0 Å². The zero-order chi connectivity index (χ0) is 29.3. The number of rotatable bonds is 7. The first-order chi connectivity index (χ1) is 19.6. The Balaban J connectivity index is 1.20. The number of carbonyl (C=O) groups is 3. The lowest BCUT2D eigenvalue weighted by Gasteiger charge is -2.37. The van der Waals surface area contributed by atoms with Crippen molar-refractivity contribution < 1.29 is 24.2 Å². The number of phenolic OH excluding ortho intramolecular Hbond substituents is 1. The largest absolute Gasteiger partial charge is 0.504 e. The van der Waals surface area contributed by atoms with E-state index in [1.165, 1.54) is 12.5 Å². The molecule has 1 atom stereocenters. The third-order valence-corrected chi connectivity index (χ3v) is 9.16. The number of phenols is 1. The molecule has 0 radical (unpaired) electrons. The lowest BCUT2D eigenvalue weighted by atomic mass is 9.93. The van der Waals surface area contributed by atoms with Gasteiger partial charge in [0.1, 0.15) is 6.04 Å². The van der Waals surface area contributed by atoms with E-state index in [1.54, 1.807) is 18.1 Å². The molecule has 3 amide bonds. The number of amides is 3. The molecule has 2 aromatic rings. The number of fused-ring (bicyclic) bond motifs is 1. The van der Waals surface area contributed by atoms with Crippen molar-refractivity contribution in [2.24, 2.45) is 0 Å². The summed E-state index contributed by atoms with van der Waals surface area (Å²) in [6.45, 7) is 10.1. The van der Waals surface area contributed by atoms with Crippen molar-refractivity contribution in [2.45, 2.75) is 71.1 Å². The fourth-order valence-electron chi connectivity index (χ4n) is 6.45. The van der Waals surface area contributed by atoms with Crippen LogP contribution in [-0.4, -0.2) is 93.8 Å². The van der Waals surface area contributed by atoms with Crippen molar-refractivity contribution in [3.05, 3.63) is 58.7 Å². The van der Waals surface area contributed by atoms with Gasteiger partial charge in [-0.1, -0.05) is 18.2 Å². The topological polar surface area (TPSA) is 93.6 Å². The van der Waals surface area contributed by atoms with Crippen LogP contribution in [0.3, 0.4) is 0 Å². The van der Waals surface area contributed by atoms with Crippen molar-refractivity contribution in [3.63, 3.8) is 0 Å². The van der Waals surface area contributed by atoms with E-state index >= 15 is 0 Å². The zero-order valence-corrected chi connectivity index (χ0v) is 24.7. The Hall–Kier alpha value is -3.59. The summed E-state index contributed by atoms with van der Waals surface area (Å²) in [6.07, 6.45) is 3.32. The maximum absolute atomic E-state index is 13.7. The molecule has 0 unspecified atom stereocenters. The van der Waals surface area contributed by atoms with Crippen LogP contribution >= 0.6 is 0 Å². The van der Waals surface area contributed by atoms with Crippen molar-refractivity contribution in [2.75, 3.05) is 39.8 Å². The normalized spacial score (nSPS) is 19.4. The predicted octanol–water partition coefficient (Wildman–Crippen LogP) is 3.42.